The van der Waals surface area contributed by atoms with Crippen molar-refractivity contribution in [3.63, 3.8) is 0 Å². The first-order valence-corrected chi connectivity index (χ1v) is 13.7. The van der Waals surface area contributed by atoms with Crippen molar-refractivity contribution in [3.05, 3.63) is 82.7 Å². The van der Waals surface area contributed by atoms with Crippen LogP contribution in [-0.4, -0.2) is 5.11 Å². The van der Waals surface area contributed by atoms with Crippen molar-refractivity contribution >= 4 is 0 Å². The number of aryl methyl sites for hydroxylation is 2. The van der Waals surface area contributed by atoms with Crippen LogP contribution in [0.1, 0.15) is 117 Å². The van der Waals surface area contributed by atoms with Crippen LogP contribution in [0.5, 0.6) is 0 Å². The van der Waals surface area contributed by atoms with E-state index in [0.717, 1.165) is 48.3 Å². The van der Waals surface area contributed by atoms with Gasteiger partial charge in [-0.15, -0.1) is 13.2 Å². The van der Waals surface area contributed by atoms with Gasteiger partial charge in [0.05, 0.1) is 5.76 Å². The zero-order valence-corrected chi connectivity index (χ0v) is 25.7. The van der Waals surface area contributed by atoms with E-state index >= 15 is 0 Å². The van der Waals surface area contributed by atoms with Crippen molar-refractivity contribution in [1.82, 2.24) is 0 Å². The van der Waals surface area contributed by atoms with Crippen molar-refractivity contribution in [3.8, 4) is 0 Å². The van der Waals surface area contributed by atoms with E-state index in [1.807, 2.05) is 20.8 Å². The highest BCUT2D eigenvalue weighted by Crippen LogP contribution is 2.29. The smallest absolute Gasteiger partial charge is 0.0928 e. The van der Waals surface area contributed by atoms with Crippen LogP contribution in [0.4, 0.5) is 0 Å². The second kappa shape index (κ2) is 22.4. The van der Waals surface area contributed by atoms with Crippen molar-refractivity contribution in [2.45, 2.75) is 122 Å². The number of benzene rings is 1. The van der Waals surface area contributed by atoms with E-state index in [2.05, 4.69) is 87.3 Å². The monoisotopic (exact) mass is 484 g/mol. The molecule has 0 saturated heterocycles. The molecule has 0 spiro atoms. The minimum atomic E-state index is 0.356. The van der Waals surface area contributed by atoms with Crippen LogP contribution in [0, 0.1) is 25.7 Å². The third kappa shape index (κ3) is 17.1. The van der Waals surface area contributed by atoms with E-state index in [0.29, 0.717) is 11.7 Å². The molecule has 1 aromatic rings. The van der Waals surface area contributed by atoms with E-state index in [4.69, 9.17) is 0 Å². The molecule has 0 bridgehead atoms. The van der Waals surface area contributed by atoms with Gasteiger partial charge in [-0.25, -0.2) is 0 Å². The third-order valence-electron chi connectivity index (χ3n) is 6.42. The van der Waals surface area contributed by atoms with E-state index in [1.165, 1.54) is 35.1 Å². The zero-order valence-electron chi connectivity index (χ0n) is 25.7. The highest BCUT2D eigenvalue weighted by atomic mass is 16.3. The van der Waals surface area contributed by atoms with E-state index < -0.39 is 0 Å². The Morgan fingerprint density at radius 1 is 0.914 bits per heavy atom. The molecule has 0 aromatic heterocycles. The first kappa shape index (κ1) is 37.5. The summed E-state index contributed by atoms with van der Waals surface area (Å²) in [5.74, 6) is 1.69. The lowest BCUT2D eigenvalue weighted by molar-refractivity contribution is 0.393. The Hall–Kier alpha value is -2.02. The molecule has 1 nitrogen and oxygen atoms in total. The Kier molecular flexibility index (Phi) is 24.1. The Morgan fingerprint density at radius 2 is 1.40 bits per heavy atom. The molecule has 0 amide bonds. The molecular weight excluding hydrogens is 424 g/mol. The summed E-state index contributed by atoms with van der Waals surface area (Å²) in [6.07, 6.45) is 8.65. The van der Waals surface area contributed by atoms with Gasteiger partial charge in [0.25, 0.3) is 0 Å². The summed E-state index contributed by atoms with van der Waals surface area (Å²) in [6.45, 7) is 36.5. The third-order valence-corrected chi connectivity index (χ3v) is 6.42. The van der Waals surface area contributed by atoms with Crippen molar-refractivity contribution in [2.24, 2.45) is 11.8 Å². The van der Waals surface area contributed by atoms with Gasteiger partial charge in [0.15, 0.2) is 0 Å². The maximum absolute atomic E-state index is 9.59. The topological polar surface area (TPSA) is 20.2 Å². The predicted molar refractivity (Wildman–Crippen MR) is 164 cm³/mol. The number of aliphatic hydroxyl groups excluding tert-OH is 1. The van der Waals surface area contributed by atoms with Crippen LogP contribution in [0.2, 0.25) is 0 Å². The molecule has 1 heteroatoms. The number of hydrogen-bond acceptors (Lipinski definition) is 1. The van der Waals surface area contributed by atoms with Gasteiger partial charge in [-0.3, -0.25) is 0 Å². The minimum absolute atomic E-state index is 0.356. The summed E-state index contributed by atoms with van der Waals surface area (Å²) >= 11 is 0. The number of aliphatic hydroxyl groups is 1. The predicted octanol–water partition coefficient (Wildman–Crippen LogP) is 11.4. The molecule has 0 heterocycles. The average molecular weight is 485 g/mol. The highest BCUT2D eigenvalue weighted by Gasteiger charge is 2.15. The first-order chi connectivity index (χ1) is 16.3. The molecule has 1 unspecified atom stereocenters. The molecule has 0 aliphatic rings. The average Bonchev–Trinajstić information content (AvgIpc) is 2.79. The lowest BCUT2D eigenvalue weighted by Crippen LogP contribution is -2.07. The molecule has 0 saturated carbocycles. The maximum Gasteiger partial charge on any atom is 0.0928 e. The van der Waals surface area contributed by atoms with E-state index in [9.17, 15) is 5.11 Å². The molecular formula is C34H60O. The fraction of sp³-hybridized carbons (Fsp3) is 0.588. The summed E-state index contributed by atoms with van der Waals surface area (Å²) in [7, 11) is 0. The SMILES string of the molecule is C=C(C)CC(CC)/C(C(=C)C)=C(/C)O.C=CC.CCC(C)CC.CCc1ccc(C)c(CC)c1C. The van der Waals surface area contributed by atoms with E-state index in [1.54, 1.807) is 13.0 Å². The molecule has 0 aliphatic heterocycles. The highest BCUT2D eigenvalue weighted by molar-refractivity contribution is 5.39. The molecule has 1 N–H and O–H groups in total. The molecule has 0 radical (unpaired) electrons. The second-order valence-corrected chi connectivity index (χ2v) is 9.73. The van der Waals surface area contributed by atoms with E-state index in [-0.39, 0.29) is 0 Å². The lowest BCUT2D eigenvalue weighted by atomic mass is 9.86. The van der Waals surface area contributed by atoms with Gasteiger partial charge in [-0.2, -0.15) is 0 Å². The van der Waals surface area contributed by atoms with Crippen molar-refractivity contribution in [2.75, 3.05) is 0 Å². The molecule has 35 heavy (non-hydrogen) atoms. The number of rotatable bonds is 9. The largest absolute Gasteiger partial charge is 0.512 e. The standard InChI is InChI=1S/C13H22O.C12H18.C6H14.C3H6/c1-7-12(8-9(2)3)13(10(4)5)11(6)14;1-5-11-8-7-9(3)12(6-2)10(11)4;1-4-6(3)5-2;1-3-2/h12,14H,2,4,7-8H2,1,3,5-6H3;7-8H,5-6H2,1-4H3;6H,4-5H2,1-3H3;3H,1H2,2H3/b13-11-;;;. The van der Waals surface area contributed by atoms with Crippen LogP contribution in [0.3, 0.4) is 0 Å². The maximum atomic E-state index is 9.59. The summed E-state index contributed by atoms with van der Waals surface area (Å²) in [6, 6.07) is 4.49. The van der Waals surface area contributed by atoms with Crippen molar-refractivity contribution in [1.29, 1.82) is 0 Å². The second-order valence-electron chi connectivity index (χ2n) is 9.73. The summed E-state index contributed by atoms with van der Waals surface area (Å²) in [5, 5.41) is 9.59. The van der Waals surface area contributed by atoms with Gasteiger partial charge in [-0.1, -0.05) is 90.3 Å². The Morgan fingerprint density at radius 3 is 1.66 bits per heavy atom. The molecule has 202 valence electrons. The van der Waals surface area contributed by atoms with Gasteiger partial charge in [0, 0.05) is 0 Å². The van der Waals surface area contributed by atoms with Crippen molar-refractivity contribution < 1.29 is 5.11 Å². The number of hydrogen-bond donors (Lipinski definition) is 1. The van der Waals surface area contributed by atoms with Crippen LogP contribution >= 0.6 is 0 Å². The zero-order chi connectivity index (χ0) is 28.1. The molecule has 1 atom stereocenters. The fourth-order valence-electron chi connectivity index (χ4n) is 3.98. The minimum Gasteiger partial charge on any atom is -0.512 e. The Bertz CT molecular complexity index is 755. The quantitative estimate of drug-likeness (QED) is 0.210. The first-order valence-electron chi connectivity index (χ1n) is 13.7. The van der Waals surface area contributed by atoms with Gasteiger partial charge < -0.3 is 5.11 Å². The van der Waals surface area contributed by atoms with Gasteiger partial charge >= 0.3 is 0 Å². The summed E-state index contributed by atoms with van der Waals surface area (Å²) in [5.41, 5.74) is 9.07. The van der Waals surface area contributed by atoms with Gasteiger partial charge in [0.2, 0.25) is 0 Å². The summed E-state index contributed by atoms with van der Waals surface area (Å²) in [4.78, 5) is 0. The Balaban J connectivity index is -0.000000440. The summed E-state index contributed by atoms with van der Waals surface area (Å²) < 4.78 is 0. The van der Waals surface area contributed by atoms with Crippen LogP contribution in [0.25, 0.3) is 0 Å². The number of allylic oxidation sites excluding steroid dienone is 5. The van der Waals surface area contributed by atoms with Crippen LogP contribution < -0.4 is 0 Å². The Labute approximate surface area is 221 Å². The molecule has 1 rings (SSSR count). The molecule has 0 aliphatic carbocycles. The fourth-order valence-corrected chi connectivity index (χ4v) is 3.98. The van der Waals surface area contributed by atoms with Crippen LogP contribution in [0.15, 0.2) is 60.4 Å². The van der Waals surface area contributed by atoms with Gasteiger partial charge in [0.1, 0.15) is 0 Å². The molecule has 1 aromatic carbocycles. The normalized spacial score (nSPS) is 11.5. The molecule has 0 fully saturated rings. The lowest BCUT2D eigenvalue weighted by Gasteiger charge is -2.20. The van der Waals surface area contributed by atoms with Crippen LogP contribution in [-0.2, 0) is 12.8 Å². The van der Waals surface area contributed by atoms with Gasteiger partial charge in [-0.05, 0) is 107 Å².